The van der Waals surface area contributed by atoms with E-state index in [0.717, 1.165) is 24.8 Å². The number of carbonyl (C=O) groups is 1. The van der Waals surface area contributed by atoms with Gasteiger partial charge < -0.3 is 15.2 Å². The highest BCUT2D eigenvalue weighted by molar-refractivity contribution is 5.82. The smallest absolute Gasteiger partial charge is 0.223 e. The Kier molecular flexibility index (Phi) is 4.10. The van der Waals surface area contributed by atoms with Gasteiger partial charge in [0, 0.05) is 55.2 Å². The van der Waals surface area contributed by atoms with Gasteiger partial charge in [-0.2, -0.15) is 0 Å². The molecule has 1 aromatic carbocycles. The molecule has 1 aliphatic rings. The standard InChI is InChI=1S/C17H21F2N3O/c1-17(2,10-16(23)22-5-3-20-4-6-22)15-9-12-13(19)7-11(18)8-14(12)21-15/h7-9,20-21H,3-6,10H2,1-2H3. The Bertz CT molecular complexity index is 733. The number of piperazine rings is 1. The minimum Gasteiger partial charge on any atom is -0.358 e. The van der Waals surface area contributed by atoms with E-state index >= 15 is 0 Å². The SMILES string of the molecule is CC(C)(CC(=O)N1CCNCC1)c1cc2c(F)cc(F)cc2[nH]1. The van der Waals surface area contributed by atoms with Crippen LogP contribution >= 0.6 is 0 Å². The Morgan fingerprint density at radius 1 is 1.22 bits per heavy atom. The second kappa shape index (κ2) is 5.92. The first-order valence-corrected chi connectivity index (χ1v) is 7.83. The average Bonchev–Trinajstić information content (AvgIpc) is 2.93. The van der Waals surface area contributed by atoms with Crippen molar-refractivity contribution in [3.8, 4) is 0 Å². The zero-order chi connectivity index (χ0) is 16.6. The van der Waals surface area contributed by atoms with Crippen molar-refractivity contribution in [1.29, 1.82) is 0 Å². The normalized spacial score (nSPS) is 16.1. The van der Waals surface area contributed by atoms with Gasteiger partial charge in [-0.05, 0) is 12.1 Å². The molecule has 0 atom stereocenters. The first-order chi connectivity index (χ1) is 10.9. The summed E-state index contributed by atoms with van der Waals surface area (Å²) < 4.78 is 27.2. The van der Waals surface area contributed by atoms with Gasteiger partial charge in [-0.25, -0.2) is 8.78 Å². The van der Waals surface area contributed by atoms with Gasteiger partial charge in [0.2, 0.25) is 5.91 Å². The number of carbonyl (C=O) groups excluding carboxylic acids is 1. The molecule has 2 aromatic rings. The van der Waals surface area contributed by atoms with Crippen molar-refractivity contribution >= 4 is 16.8 Å². The van der Waals surface area contributed by atoms with Crippen LogP contribution in [0.4, 0.5) is 8.78 Å². The van der Waals surface area contributed by atoms with E-state index in [1.807, 2.05) is 18.7 Å². The largest absolute Gasteiger partial charge is 0.358 e. The van der Waals surface area contributed by atoms with E-state index in [1.165, 1.54) is 6.07 Å². The molecule has 124 valence electrons. The number of hydrogen-bond acceptors (Lipinski definition) is 2. The van der Waals surface area contributed by atoms with Crippen molar-refractivity contribution in [2.24, 2.45) is 0 Å². The predicted octanol–water partition coefficient (Wildman–Crippen LogP) is 2.55. The number of hydrogen-bond donors (Lipinski definition) is 2. The molecule has 0 saturated carbocycles. The maximum atomic E-state index is 13.9. The topological polar surface area (TPSA) is 48.1 Å². The molecule has 2 heterocycles. The van der Waals surface area contributed by atoms with Crippen LogP contribution in [0.1, 0.15) is 26.0 Å². The third-order valence-corrected chi connectivity index (χ3v) is 4.44. The molecular formula is C17H21F2N3O. The second-order valence-corrected chi connectivity index (χ2v) is 6.72. The van der Waals surface area contributed by atoms with Crippen LogP contribution in [0.2, 0.25) is 0 Å². The van der Waals surface area contributed by atoms with E-state index in [9.17, 15) is 13.6 Å². The number of fused-ring (bicyclic) bond motifs is 1. The quantitative estimate of drug-likeness (QED) is 0.913. The lowest BCUT2D eigenvalue weighted by molar-refractivity contribution is -0.132. The van der Waals surface area contributed by atoms with Crippen LogP contribution in [0.5, 0.6) is 0 Å². The number of benzene rings is 1. The minimum atomic E-state index is -0.613. The summed E-state index contributed by atoms with van der Waals surface area (Å²) in [5.41, 5.74) is 0.671. The van der Waals surface area contributed by atoms with Crippen LogP contribution < -0.4 is 5.32 Å². The molecule has 0 unspecified atom stereocenters. The summed E-state index contributed by atoms with van der Waals surface area (Å²) in [6, 6.07) is 3.82. The van der Waals surface area contributed by atoms with Crippen LogP contribution in [-0.2, 0) is 10.2 Å². The maximum absolute atomic E-state index is 13.9. The summed E-state index contributed by atoms with van der Waals surface area (Å²) in [6.07, 6.45) is 0.323. The molecule has 0 spiro atoms. The van der Waals surface area contributed by atoms with Crippen molar-refractivity contribution in [3.05, 3.63) is 35.5 Å². The Balaban J connectivity index is 1.84. The molecule has 0 radical (unpaired) electrons. The predicted molar refractivity (Wildman–Crippen MR) is 85.3 cm³/mol. The summed E-state index contributed by atoms with van der Waals surface area (Å²) in [7, 11) is 0. The van der Waals surface area contributed by atoms with Crippen molar-refractivity contribution in [2.75, 3.05) is 26.2 Å². The zero-order valence-electron chi connectivity index (χ0n) is 13.4. The van der Waals surface area contributed by atoms with Gasteiger partial charge in [0.15, 0.2) is 0 Å². The lowest BCUT2D eigenvalue weighted by Gasteiger charge is -2.31. The minimum absolute atomic E-state index is 0.0850. The van der Waals surface area contributed by atoms with Crippen molar-refractivity contribution in [3.63, 3.8) is 0 Å². The number of H-pyrrole nitrogens is 1. The number of aromatic amines is 1. The summed E-state index contributed by atoms with van der Waals surface area (Å²) in [5.74, 6) is -1.12. The average molecular weight is 321 g/mol. The molecule has 3 rings (SSSR count). The van der Waals surface area contributed by atoms with Gasteiger partial charge >= 0.3 is 0 Å². The van der Waals surface area contributed by atoms with Gasteiger partial charge in [-0.3, -0.25) is 4.79 Å². The van der Waals surface area contributed by atoms with E-state index in [2.05, 4.69) is 10.3 Å². The summed E-state index contributed by atoms with van der Waals surface area (Å²) in [5, 5.41) is 3.57. The van der Waals surface area contributed by atoms with E-state index in [0.29, 0.717) is 30.4 Å². The fourth-order valence-electron chi connectivity index (χ4n) is 3.02. The molecule has 4 nitrogen and oxygen atoms in total. The fourth-order valence-corrected chi connectivity index (χ4v) is 3.02. The third kappa shape index (κ3) is 3.22. The molecule has 1 amide bonds. The van der Waals surface area contributed by atoms with E-state index in [4.69, 9.17) is 0 Å². The molecule has 0 aliphatic carbocycles. The molecular weight excluding hydrogens is 300 g/mol. The Morgan fingerprint density at radius 3 is 2.61 bits per heavy atom. The molecule has 23 heavy (non-hydrogen) atoms. The number of rotatable bonds is 3. The highest BCUT2D eigenvalue weighted by Crippen LogP contribution is 2.31. The molecule has 1 aromatic heterocycles. The molecule has 6 heteroatoms. The number of amides is 1. The molecule has 1 aliphatic heterocycles. The van der Waals surface area contributed by atoms with Crippen LogP contribution in [0.3, 0.4) is 0 Å². The van der Waals surface area contributed by atoms with Gasteiger partial charge in [0.05, 0.1) is 5.52 Å². The Morgan fingerprint density at radius 2 is 1.91 bits per heavy atom. The van der Waals surface area contributed by atoms with Gasteiger partial charge in [-0.1, -0.05) is 13.8 Å². The summed E-state index contributed by atoms with van der Waals surface area (Å²) in [4.78, 5) is 17.4. The monoisotopic (exact) mass is 321 g/mol. The summed E-state index contributed by atoms with van der Waals surface area (Å²) >= 11 is 0. The zero-order valence-corrected chi connectivity index (χ0v) is 13.4. The van der Waals surface area contributed by atoms with E-state index < -0.39 is 17.0 Å². The maximum Gasteiger partial charge on any atom is 0.223 e. The molecule has 1 fully saturated rings. The van der Waals surface area contributed by atoms with Gasteiger partial charge in [0.25, 0.3) is 0 Å². The molecule has 1 saturated heterocycles. The molecule has 0 bridgehead atoms. The summed E-state index contributed by atoms with van der Waals surface area (Å²) in [6.45, 7) is 6.91. The van der Waals surface area contributed by atoms with Crippen LogP contribution in [0.25, 0.3) is 10.9 Å². The van der Waals surface area contributed by atoms with Crippen LogP contribution in [0, 0.1) is 11.6 Å². The lowest BCUT2D eigenvalue weighted by atomic mass is 9.85. The van der Waals surface area contributed by atoms with Crippen molar-refractivity contribution in [2.45, 2.75) is 25.7 Å². The van der Waals surface area contributed by atoms with E-state index in [-0.39, 0.29) is 5.91 Å². The van der Waals surface area contributed by atoms with Crippen LogP contribution in [0.15, 0.2) is 18.2 Å². The number of nitrogens with zero attached hydrogens (tertiary/aromatic N) is 1. The molecule has 2 N–H and O–H groups in total. The first-order valence-electron chi connectivity index (χ1n) is 7.83. The van der Waals surface area contributed by atoms with Crippen molar-refractivity contribution in [1.82, 2.24) is 15.2 Å². The van der Waals surface area contributed by atoms with Gasteiger partial charge in [0.1, 0.15) is 11.6 Å². The highest BCUT2D eigenvalue weighted by atomic mass is 19.1. The van der Waals surface area contributed by atoms with Crippen LogP contribution in [-0.4, -0.2) is 42.0 Å². The van der Waals surface area contributed by atoms with E-state index in [1.54, 1.807) is 6.07 Å². The van der Waals surface area contributed by atoms with Crippen molar-refractivity contribution < 1.29 is 13.6 Å². The van der Waals surface area contributed by atoms with Gasteiger partial charge in [-0.15, -0.1) is 0 Å². The number of halogens is 2. The number of nitrogens with one attached hydrogen (secondary N) is 2. The lowest BCUT2D eigenvalue weighted by Crippen LogP contribution is -2.47. The second-order valence-electron chi connectivity index (χ2n) is 6.72. The Hall–Kier alpha value is -1.95. The third-order valence-electron chi connectivity index (χ3n) is 4.44. The first kappa shape index (κ1) is 15.9. The number of aromatic nitrogens is 1. The fraction of sp³-hybridized carbons (Fsp3) is 0.471. The highest BCUT2D eigenvalue weighted by Gasteiger charge is 2.29. The Labute approximate surface area is 133 Å².